The Morgan fingerprint density at radius 3 is 2.60 bits per heavy atom. The Hall–Kier alpha value is -1.39. The molecule has 0 bridgehead atoms. The first kappa shape index (κ1) is 15.0. The second kappa shape index (κ2) is 7.41. The fourth-order valence-electron chi connectivity index (χ4n) is 2.64. The molecule has 20 heavy (non-hydrogen) atoms. The number of amides is 1. The van der Waals surface area contributed by atoms with Gasteiger partial charge in [0.05, 0.1) is 6.10 Å². The van der Waals surface area contributed by atoms with E-state index < -0.39 is 0 Å². The van der Waals surface area contributed by atoms with E-state index in [2.05, 4.69) is 0 Å². The molecule has 1 fully saturated rings. The predicted molar refractivity (Wildman–Crippen MR) is 79.2 cm³/mol. The van der Waals surface area contributed by atoms with E-state index in [0.717, 1.165) is 38.1 Å². The number of carbonyl (C=O) groups excluding carboxylic acids is 1. The molecule has 0 radical (unpaired) electrons. The summed E-state index contributed by atoms with van der Waals surface area (Å²) in [5, 5.41) is 0. The number of piperidine rings is 1. The molecule has 1 atom stereocenters. The summed E-state index contributed by atoms with van der Waals surface area (Å²) in [4.78, 5) is 14.2. The van der Waals surface area contributed by atoms with Gasteiger partial charge in [0.15, 0.2) is 0 Å². The topological polar surface area (TPSA) is 55.6 Å². The van der Waals surface area contributed by atoms with Crippen LogP contribution < -0.4 is 5.73 Å². The summed E-state index contributed by atoms with van der Waals surface area (Å²) in [7, 11) is 0. The molecule has 2 rings (SSSR count). The Kier molecular flexibility index (Phi) is 5.56. The highest BCUT2D eigenvalue weighted by Gasteiger charge is 2.24. The SMILES string of the molecule is CCOC1CCN(C(=O)CC(N)c2ccccc2)CC1. The van der Waals surface area contributed by atoms with E-state index in [1.165, 1.54) is 0 Å². The molecule has 0 aromatic heterocycles. The van der Waals surface area contributed by atoms with Crippen molar-refractivity contribution in [3.8, 4) is 0 Å². The van der Waals surface area contributed by atoms with Gasteiger partial charge in [-0.1, -0.05) is 30.3 Å². The second-order valence-corrected chi connectivity index (χ2v) is 5.26. The predicted octanol–water partition coefficient (Wildman–Crippen LogP) is 2.10. The van der Waals surface area contributed by atoms with Crippen molar-refractivity contribution >= 4 is 5.91 Å². The molecule has 1 aliphatic rings. The third-order valence-corrected chi connectivity index (χ3v) is 3.82. The van der Waals surface area contributed by atoms with E-state index >= 15 is 0 Å². The molecule has 4 nitrogen and oxygen atoms in total. The number of hydrogen-bond donors (Lipinski definition) is 1. The number of likely N-dealkylation sites (tertiary alicyclic amines) is 1. The van der Waals surface area contributed by atoms with Crippen LogP contribution in [0.1, 0.15) is 37.8 Å². The fraction of sp³-hybridized carbons (Fsp3) is 0.562. The smallest absolute Gasteiger partial charge is 0.224 e. The van der Waals surface area contributed by atoms with Crippen LogP contribution in [-0.4, -0.2) is 36.6 Å². The maximum Gasteiger partial charge on any atom is 0.224 e. The second-order valence-electron chi connectivity index (χ2n) is 5.26. The molecule has 2 N–H and O–H groups in total. The van der Waals surface area contributed by atoms with Gasteiger partial charge in [0, 0.05) is 32.2 Å². The molecular weight excluding hydrogens is 252 g/mol. The molecular formula is C16H24N2O2. The summed E-state index contributed by atoms with van der Waals surface area (Å²) in [6.45, 7) is 4.32. The molecule has 0 spiro atoms. The van der Waals surface area contributed by atoms with E-state index in [4.69, 9.17) is 10.5 Å². The minimum atomic E-state index is -0.215. The van der Waals surface area contributed by atoms with E-state index in [1.807, 2.05) is 42.2 Å². The van der Waals surface area contributed by atoms with Crippen molar-refractivity contribution in [3.05, 3.63) is 35.9 Å². The molecule has 0 saturated carbocycles. The number of rotatable bonds is 5. The number of ether oxygens (including phenoxy) is 1. The lowest BCUT2D eigenvalue weighted by molar-refractivity contribution is -0.134. The first-order valence-electron chi connectivity index (χ1n) is 7.40. The van der Waals surface area contributed by atoms with Gasteiger partial charge in [0.1, 0.15) is 0 Å². The molecule has 110 valence electrons. The Morgan fingerprint density at radius 2 is 2.00 bits per heavy atom. The molecule has 1 saturated heterocycles. The van der Waals surface area contributed by atoms with Gasteiger partial charge in [0.25, 0.3) is 0 Å². The lowest BCUT2D eigenvalue weighted by atomic mass is 10.0. The van der Waals surface area contributed by atoms with Gasteiger partial charge in [-0.3, -0.25) is 4.79 Å². The number of benzene rings is 1. The van der Waals surface area contributed by atoms with E-state index in [9.17, 15) is 4.79 Å². The number of nitrogens with two attached hydrogens (primary N) is 1. The third kappa shape index (κ3) is 4.05. The lowest BCUT2D eigenvalue weighted by Gasteiger charge is -2.32. The average Bonchev–Trinajstić information content (AvgIpc) is 2.49. The maximum absolute atomic E-state index is 12.3. The highest BCUT2D eigenvalue weighted by molar-refractivity contribution is 5.77. The lowest BCUT2D eigenvalue weighted by Crippen LogP contribution is -2.41. The summed E-state index contributed by atoms with van der Waals surface area (Å²) < 4.78 is 5.60. The van der Waals surface area contributed by atoms with Gasteiger partial charge < -0.3 is 15.4 Å². The summed E-state index contributed by atoms with van der Waals surface area (Å²) in [6.07, 6.45) is 2.55. The van der Waals surface area contributed by atoms with Crippen LogP contribution >= 0.6 is 0 Å². The molecule has 1 unspecified atom stereocenters. The maximum atomic E-state index is 12.3. The fourth-order valence-corrected chi connectivity index (χ4v) is 2.64. The van der Waals surface area contributed by atoms with Crippen LogP contribution in [0.4, 0.5) is 0 Å². The third-order valence-electron chi connectivity index (χ3n) is 3.82. The average molecular weight is 276 g/mol. The monoisotopic (exact) mass is 276 g/mol. The number of carbonyl (C=O) groups is 1. The molecule has 0 aliphatic carbocycles. The van der Waals surface area contributed by atoms with Crippen molar-refractivity contribution in [1.29, 1.82) is 0 Å². The molecule has 1 heterocycles. The Balaban J connectivity index is 1.81. The molecule has 1 amide bonds. The minimum Gasteiger partial charge on any atom is -0.378 e. The van der Waals surface area contributed by atoms with Gasteiger partial charge >= 0.3 is 0 Å². The van der Waals surface area contributed by atoms with Crippen molar-refractivity contribution in [2.75, 3.05) is 19.7 Å². The van der Waals surface area contributed by atoms with Crippen LogP contribution in [0, 0.1) is 0 Å². The quantitative estimate of drug-likeness (QED) is 0.896. The molecule has 4 heteroatoms. The zero-order valence-electron chi connectivity index (χ0n) is 12.1. The number of nitrogens with zero attached hydrogens (tertiary/aromatic N) is 1. The van der Waals surface area contributed by atoms with Crippen LogP contribution in [0.5, 0.6) is 0 Å². The van der Waals surface area contributed by atoms with Crippen molar-refractivity contribution < 1.29 is 9.53 Å². The highest BCUT2D eigenvalue weighted by atomic mass is 16.5. The van der Waals surface area contributed by atoms with Crippen molar-refractivity contribution in [1.82, 2.24) is 4.90 Å². The number of hydrogen-bond acceptors (Lipinski definition) is 3. The van der Waals surface area contributed by atoms with Gasteiger partial charge in [-0.15, -0.1) is 0 Å². The van der Waals surface area contributed by atoms with E-state index in [-0.39, 0.29) is 11.9 Å². The zero-order valence-corrected chi connectivity index (χ0v) is 12.1. The molecule has 1 aromatic carbocycles. The Labute approximate surface area is 120 Å². The van der Waals surface area contributed by atoms with Gasteiger partial charge in [-0.05, 0) is 25.3 Å². The summed E-state index contributed by atoms with van der Waals surface area (Å²) in [5.74, 6) is 0.149. The first-order valence-corrected chi connectivity index (χ1v) is 7.40. The van der Waals surface area contributed by atoms with E-state index in [0.29, 0.717) is 12.5 Å². The van der Waals surface area contributed by atoms with Crippen LogP contribution in [0.2, 0.25) is 0 Å². The highest BCUT2D eigenvalue weighted by Crippen LogP contribution is 2.18. The molecule has 1 aliphatic heterocycles. The Morgan fingerprint density at radius 1 is 1.35 bits per heavy atom. The van der Waals surface area contributed by atoms with E-state index in [1.54, 1.807) is 0 Å². The first-order chi connectivity index (χ1) is 9.70. The summed E-state index contributed by atoms with van der Waals surface area (Å²) in [6, 6.07) is 9.59. The van der Waals surface area contributed by atoms with Crippen LogP contribution in [0.15, 0.2) is 30.3 Å². The van der Waals surface area contributed by atoms with Crippen LogP contribution in [0.25, 0.3) is 0 Å². The van der Waals surface area contributed by atoms with Crippen molar-refractivity contribution in [3.63, 3.8) is 0 Å². The van der Waals surface area contributed by atoms with Gasteiger partial charge in [0.2, 0.25) is 5.91 Å². The normalized spacial score (nSPS) is 18.0. The minimum absolute atomic E-state index is 0.149. The van der Waals surface area contributed by atoms with Crippen molar-refractivity contribution in [2.45, 2.75) is 38.3 Å². The van der Waals surface area contributed by atoms with Crippen LogP contribution in [0.3, 0.4) is 0 Å². The van der Waals surface area contributed by atoms with Gasteiger partial charge in [-0.2, -0.15) is 0 Å². The largest absolute Gasteiger partial charge is 0.378 e. The van der Waals surface area contributed by atoms with Crippen LogP contribution in [-0.2, 0) is 9.53 Å². The van der Waals surface area contributed by atoms with Crippen molar-refractivity contribution in [2.24, 2.45) is 5.73 Å². The standard InChI is InChI=1S/C16H24N2O2/c1-2-20-14-8-10-18(11-9-14)16(19)12-15(17)13-6-4-3-5-7-13/h3-7,14-15H,2,8-12,17H2,1H3. The van der Waals surface area contributed by atoms with Gasteiger partial charge in [-0.25, -0.2) is 0 Å². The zero-order chi connectivity index (χ0) is 14.4. The Bertz CT molecular complexity index is 414. The molecule has 1 aromatic rings. The summed E-state index contributed by atoms with van der Waals surface area (Å²) in [5.41, 5.74) is 7.12. The summed E-state index contributed by atoms with van der Waals surface area (Å²) >= 11 is 0.